The van der Waals surface area contributed by atoms with Crippen LogP contribution in [0.3, 0.4) is 0 Å². The molecule has 3 aromatic carbocycles. The summed E-state index contributed by atoms with van der Waals surface area (Å²) in [5, 5.41) is 2.58. The standard InChI is InChI=1S/C18H16IN/c19-16-9-4-8-15(11-16)18(20)12-14-7-3-6-13-5-1-2-10-17(13)14/h1-11,18H,12,20H2. The minimum absolute atomic E-state index is 0.0375. The van der Waals surface area contributed by atoms with Crippen LogP contribution in [0.1, 0.15) is 17.2 Å². The number of nitrogens with two attached hydrogens (primary N) is 1. The molecule has 1 nitrogen and oxygen atoms in total. The second-order valence-corrected chi connectivity index (χ2v) is 6.25. The summed E-state index contributed by atoms with van der Waals surface area (Å²) in [5.41, 5.74) is 8.90. The van der Waals surface area contributed by atoms with Gasteiger partial charge in [0, 0.05) is 9.61 Å². The Balaban J connectivity index is 1.93. The number of rotatable bonds is 3. The fraction of sp³-hybridized carbons (Fsp3) is 0.111. The van der Waals surface area contributed by atoms with E-state index in [-0.39, 0.29) is 6.04 Å². The highest BCUT2D eigenvalue weighted by atomic mass is 127. The van der Waals surface area contributed by atoms with E-state index in [1.54, 1.807) is 0 Å². The van der Waals surface area contributed by atoms with Gasteiger partial charge in [0.2, 0.25) is 0 Å². The third-order valence-electron chi connectivity index (χ3n) is 3.60. The van der Waals surface area contributed by atoms with E-state index in [0.29, 0.717) is 0 Å². The molecular formula is C18H16IN. The van der Waals surface area contributed by atoms with E-state index in [1.165, 1.54) is 25.5 Å². The lowest BCUT2D eigenvalue weighted by molar-refractivity contribution is 0.725. The average molecular weight is 373 g/mol. The first-order valence-corrected chi connectivity index (χ1v) is 7.79. The SMILES string of the molecule is NC(Cc1cccc2ccccc12)c1cccc(I)c1. The van der Waals surface area contributed by atoms with Crippen LogP contribution in [-0.2, 0) is 6.42 Å². The molecule has 20 heavy (non-hydrogen) atoms. The molecule has 0 saturated heterocycles. The van der Waals surface area contributed by atoms with Gasteiger partial charge >= 0.3 is 0 Å². The minimum Gasteiger partial charge on any atom is -0.324 e. The summed E-state index contributed by atoms with van der Waals surface area (Å²) in [6, 6.07) is 23.4. The van der Waals surface area contributed by atoms with Gasteiger partial charge in [-0.25, -0.2) is 0 Å². The van der Waals surface area contributed by atoms with Crippen molar-refractivity contribution in [1.82, 2.24) is 0 Å². The minimum atomic E-state index is 0.0375. The molecule has 0 amide bonds. The molecule has 1 atom stereocenters. The molecule has 0 radical (unpaired) electrons. The average Bonchev–Trinajstić information content (AvgIpc) is 2.47. The fourth-order valence-electron chi connectivity index (χ4n) is 2.56. The van der Waals surface area contributed by atoms with Gasteiger partial charge in [0.05, 0.1) is 0 Å². The molecule has 100 valence electrons. The second-order valence-electron chi connectivity index (χ2n) is 5.00. The Bertz CT molecular complexity index is 731. The van der Waals surface area contributed by atoms with Crippen molar-refractivity contribution in [2.45, 2.75) is 12.5 Å². The van der Waals surface area contributed by atoms with Crippen molar-refractivity contribution in [3.05, 3.63) is 81.4 Å². The number of hydrogen-bond donors (Lipinski definition) is 1. The molecule has 0 heterocycles. The molecule has 0 aromatic heterocycles. The molecule has 2 heteroatoms. The molecule has 0 aliphatic heterocycles. The zero-order valence-corrected chi connectivity index (χ0v) is 13.2. The zero-order valence-electron chi connectivity index (χ0n) is 11.1. The normalized spacial score (nSPS) is 12.5. The largest absolute Gasteiger partial charge is 0.324 e. The van der Waals surface area contributed by atoms with Gasteiger partial charge in [0.25, 0.3) is 0 Å². The molecule has 0 bridgehead atoms. The van der Waals surface area contributed by atoms with Crippen LogP contribution in [0.5, 0.6) is 0 Å². The summed E-state index contributed by atoms with van der Waals surface area (Å²) in [6.07, 6.45) is 0.863. The fourth-order valence-corrected chi connectivity index (χ4v) is 3.13. The van der Waals surface area contributed by atoms with Crippen LogP contribution < -0.4 is 5.73 Å². The Kier molecular flexibility index (Phi) is 4.03. The van der Waals surface area contributed by atoms with Gasteiger partial charge in [-0.05, 0) is 63.0 Å². The highest BCUT2D eigenvalue weighted by molar-refractivity contribution is 14.1. The van der Waals surface area contributed by atoms with Gasteiger partial charge in [-0.1, -0.05) is 54.6 Å². The van der Waals surface area contributed by atoms with Crippen molar-refractivity contribution in [2.75, 3.05) is 0 Å². The van der Waals surface area contributed by atoms with E-state index in [2.05, 4.69) is 89.3 Å². The molecule has 0 aliphatic rings. The van der Waals surface area contributed by atoms with E-state index in [0.717, 1.165) is 6.42 Å². The molecule has 1 unspecified atom stereocenters. The zero-order chi connectivity index (χ0) is 13.9. The third kappa shape index (κ3) is 2.86. The van der Waals surface area contributed by atoms with Gasteiger partial charge < -0.3 is 5.73 Å². The third-order valence-corrected chi connectivity index (χ3v) is 4.27. The molecule has 2 N–H and O–H groups in total. The highest BCUT2D eigenvalue weighted by Crippen LogP contribution is 2.24. The lowest BCUT2D eigenvalue weighted by atomic mass is 9.95. The maximum absolute atomic E-state index is 6.38. The molecule has 0 fully saturated rings. The predicted octanol–water partition coefficient (Wildman–Crippen LogP) is 4.69. The van der Waals surface area contributed by atoms with Crippen molar-refractivity contribution in [2.24, 2.45) is 5.73 Å². The van der Waals surface area contributed by atoms with E-state index in [9.17, 15) is 0 Å². The van der Waals surface area contributed by atoms with Crippen LogP contribution in [0.4, 0.5) is 0 Å². The van der Waals surface area contributed by atoms with E-state index in [4.69, 9.17) is 5.73 Å². The lowest BCUT2D eigenvalue weighted by Gasteiger charge is -2.14. The second kappa shape index (κ2) is 5.94. The number of fused-ring (bicyclic) bond motifs is 1. The van der Waals surface area contributed by atoms with E-state index < -0.39 is 0 Å². The summed E-state index contributed by atoms with van der Waals surface area (Å²) in [5.74, 6) is 0. The van der Waals surface area contributed by atoms with Gasteiger partial charge in [-0.3, -0.25) is 0 Å². The molecule has 0 saturated carbocycles. The first kappa shape index (κ1) is 13.6. The quantitative estimate of drug-likeness (QED) is 0.663. The number of halogens is 1. The Labute approximate surface area is 133 Å². The maximum atomic E-state index is 6.38. The van der Waals surface area contributed by atoms with Gasteiger partial charge in [-0.2, -0.15) is 0 Å². The van der Waals surface area contributed by atoms with Crippen LogP contribution in [0, 0.1) is 3.57 Å². The Morgan fingerprint density at radius 3 is 2.50 bits per heavy atom. The summed E-state index contributed by atoms with van der Waals surface area (Å²) < 4.78 is 1.23. The van der Waals surface area contributed by atoms with Crippen LogP contribution >= 0.6 is 22.6 Å². The number of benzene rings is 3. The Morgan fingerprint density at radius 2 is 1.65 bits per heavy atom. The first-order valence-electron chi connectivity index (χ1n) is 6.72. The highest BCUT2D eigenvalue weighted by Gasteiger charge is 2.09. The van der Waals surface area contributed by atoms with Crippen LogP contribution in [0.15, 0.2) is 66.7 Å². The monoisotopic (exact) mass is 373 g/mol. The van der Waals surface area contributed by atoms with Crippen molar-refractivity contribution < 1.29 is 0 Å². The van der Waals surface area contributed by atoms with Crippen molar-refractivity contribution >= 4 is 33.4 Å². The smallest absolute Gasteiger partial charge is 0.0336 e. The summed E-state index contributed by atoms with van der Waals surface area (Å²) in [4.78, 5) is 0. The first-order chi connectivity index (χ1) is 9.74. The molecular weight excluding hydrogens is 357 g/mol. The van der Waals surface area contributed by atoms with Gasteiger partial charge in [0.1, 0.15) is 0 Å². The van der Waals surface area contributed by atoms with Gasteiger partial charge in [-0.15, -0.1) is 0 Å². The van der Waals surface area contributed by atoms with Crippen LogP contribution in [0.2, 0.25) is 0 Å². The van der Waals surface area contributed by atoms with Crippen LogP contribution in [-0.4, -0.2) is 0 Å². The molecule has 0 spiro atoms. The van der Waals surface area contributed by atoms with Gasteiger partial charge in [0.15, 0.2) is 0 Å². The summed E-state index contributed by atoms with van der Waals surface area (Å²) in [6.45, 7) is 0. The predicted molar refractivity (Wildman–Crippen MR) is 93.7 cm³/mol. The summed E-state index contributed by atoms with van der Waals surface area (Å²) >= 11 is 2.33. The topological polar surface area (TPSA) is 26.0 Å². The van der Waals surface area contributed by atoms with E-state index >= 15 is 0 Å². The molecule has 3 rings (SSSR count). The van der Waals surface area contributed by atoms with Crippen molar-refractivity contribution in [3.63, 3.8) is 0 Å². The molecule has 0 aliphatic carbocycles. The number of hydrogen-bond acceptors (Lipinski definition) is 1. The lowest BCUT2D eigenvalue weighted by Crippen LogP contribution is -2.13. The van der Waals surface area contributed by atoms with Crippen molar-refractivity contribution in [1.29, 1.82) is 0 Å². The van der Waals surface area contributed by atoms with E-state index in [1.807, 2.05) is 0 Å². The maximum Gasteiger partial charge on any atom is 0.0336 e. The Hall–Kier alpha value is -1.39. The van der Waals surface area contributed by atoms with Crippen molar-refractivity contribution in [3.8, 4) is 0 Å². The molecule has 3 aromatic rings. The summed E-state index contributed by atoms with van der Waals surface area (Å²) in [7, 11) is 0. The van der Waals surface area contributed by atoms with Crippen LogP contribution in [0.25, 0.3) is 10.8 Å². The Morgan fingerprint density at radius 1 is 0.900 bits per heavy atom.